The highest BCUT2D eigenvalue weighted by atomic mass is 14.4. The minimum Gasteiger partial charge on any atom is -0.305 e. The third-order valence-electron chi connectivity index (χ3n) is 2.06. The largest absolute Gasteiger partial charge is 0.305 e. The van der Waals surface area contributed by atoms with E-state index in [1.54, 1.807) is 0 Å². The van der Waals surface area contributed by atoms with Gasteiger partial charge < -0.3 is 5.41 Å². The molecule has 0 atom stereocenters. The van der Waals surface area contributed by atoms with Crippen LogP contribution in [0.25, 0.3) is 6.08 Å². The van der Waals surface area contributed by atoms with Crippen LogP contribution in [0.15, 0.2) is 24.3 Å². The molecule has 0 aromatic heterocycles. The molecule has 1 rings (SSSR count). The van der Waals surface area contributed by atoms with Crippen LogP contribution in [0, 0.1) is 12.3 Å². The molecule has 0 saturated carbocycles. The highest BCUT2D eigenvalue weighted by Crippen LogP contribution is 2.16. The second kappa shape index (κ2) is 4.04. The van der Waals surface area contributed by atoms with E-state index in [9.17, 15) is 0 Å². The van der Waals surface area contributed by atoms with Crippen LogP contribution in [0.1, 0.15) is 30.5 Å². The Labute approximate surface area is 79.6 Å². The van der Waals surface area contributed by atoms with Crippen LogP contribution in [0.5, 0.6) is 0 Å². The first-order valence-electron chi connectivity index (χ1n) is 4.44. The Hall–Kier alpha value is -1.37. The van der Waals surface area contributed by atoms with Gasteiger partial charge in [0.25, 0.3) is 0 Å². The van der Waals surface area contributed by atoms with E-state index in [-0.39, 0.29) is 0 Å². The van der Waals surface area contributed by atoms with Gasteiger partial charge in [-0.2, -0.15) is 0 Å². The number of nitrogens with one attached hydrogen (secondary N) is 1. The lowest BCUT2D eigenvalue weighted by Crippen LogP contribution is -1.97. The minimum absolute atomic E-state index is 0.622. The molecule has 0 aliphatic heterocycles. The van der Waals surface area contributed by atoms with Crippen molar-refractivity contribution in [2.45, 2.75) is 20.8 Å². The fourth-order valence-electron chi connectivity index (χ4n) is 1.40. The van der Waals surface area contributed by atoms with Gasteiger partial charge in [-0.1, -0.05) is 30.4 Å². The Morgan fingerprint density at radius 3 is 2.62 bits per heavy atom. The first kappa shape index (κ1) is 9.72. The van der Waals surface area contributed by atoms with Gasteiger partial charge in [-0.05, 0) is 31.9 Å². The van der Waals surface area contributed by atoms with Gasteiger partial charge in [-0.3, -0.25) is 0 Å². The molecular formula is C12H15N. The van der Waals surface area contributed by atoms with Crippen molar-refractivity contribution in [2.75, 3.05) is 0 Å². The molecule has 1 aromatic carbocycles. The van der Waals surface area contributed by atoms with Crippen LogP contribution in [-0.2, 0) is 0 Å². The summed E-state index contributed by atoms with van der Waals surface area (Å²) in [7, 11) is 0. The third kappa shape index (κ3) is 2.05. The molecule has 0 spiro atoms. The normalized spacial score (nSPS) is 10.7. The second-order valence-electron chi connectivity index (χ2n) is 3.16. The van der Waals surface area contributed by atoms with E-state index < -0.39 is 0 Å². The molecule has 1 aromatic rings. The average molecular weight is 173 g/mol. The number of aryl methyl sites for hydroxylation is 1. The number of allylic oxidation sites excluding steroid dienone is 1. The van der Waals surface area contributed by atoms with Crippen molar-refractivity contribution < 1.29 is 0 Å². The minimum atomic E-state index is 0.622. The maximum absolute atomic E-state index is 7.62. The van der Waals surface area contributed by atoms with Crippen LogP contribution in [0.4, 0.5) is 0 Å². The molecule has 0 saturated heterocycles. The van der Waals surface area contributed by atoms with E-state index in [0.29, 0.717) is 5.71 Å². The molecule has 1 heteroatoms. The van der Waals surface area contributed by atoms with Gasteiger partial charge in [-0.15, -0.1) is 0 Å². The van der Waals surface area contributed by atoms with Crippen molar-refractivity contribution in [3.05, 3.63) is 41.0 Å². The Bertz CT molecular complexity index is 348. The Morgan fingerprint density at radius 2 is 2.08 bits per heavy atom. The molecule has 0 fully saturated rings. The van der Waals surface area contributed by atoms with E-state index >= 15 is 0 Å². The molecule has 1 nitrogen and oxygen atoms in total. The summed E-state index contributed by atoms with van der Waals surface area (Å²) in [5.74, 6) is 0. The zero-order valence-electron chi connectivity index (χ0n) is 8.39. The zero-order chi connectivity index (χ0) is 9.84. The molecule has 68 valence electrons. The first-order chi connectivity index (χ1) is 6.16. The van der Waals surface area contributed by atoms with Crippen molar-refractivity contribution in [1.82, 2.24) is 0 Å². The van der Waals surface area contributed by atoms with Crippen molar-refractivity contribution in [1.29, 1.82) is 5.41 Å². The summed E-state index contributed by atoms with van der Waals surface area (Å²) in [4.78, 5) is 0. The molecule has 0 unspecified atom stereocenters. The highest BCUT2D eigenvalue weighted by Gasteiger charge is 2.02. The summed E-state index contributed by atoms with van der Waals surface area (Å²) >= 11 is 0. The van der Waals surface area contributed by atoms with E-state index in [1.807, 2.05) is 32.1 Å². The zero-order valence-corrected chi connectivity index (χ0v) is 8.39. The van der Waals surface area contributed by atoms with Crippen LogP contribution in [0.3, 0.4) is 0 Å². The van der Waals surface area contributed by atoms with E-state index in [0.717, 1.165) is 11.1 Å². The number of hydrogen-bond acceptors (Lipinski definition) is 1. The SMILES string of the molecule is C/C=C\c1c(C)cccc1C(C)=N. The van der Waals surface area contributed by atoms with Crippen molar-refractivity contribution >= 4 is 11.8 Å². The number of benzene rings is 1. The summed E-state index contributed by atoms with van der Waals surface area (Å²) in [6.45, 7) is 5.89. The van der Waals surface area contributed by atoms with Gasteiger partial charge in [0.15, 0.2) is 0 Å². The van der Waals surface area contributed by atoms with Crippen LogP contribution >= 0.6 is 0 Å². The summed E-state index contributed by atoms with van der Waals surface area (Å²) in [6.07, 6.45) is 4.07. The molecule has 0 aliphatic carbocycles. The molecule has 0 amide bonds. The van der Waals surface area contributed by atoms with Crippen molar-refractivity contribution in [3.63, 3.8) is 0 Å². The topological polar surface area (TPSA) is 23.9 Å². The third-order valence-corrected chi connectivity index (χ3v) is 2.06. The van der Waals surface area contributed by atoms with Gasteiger partial charge in [0, 0.05) is 11.3 Å². The van der Waals surface area contributed by atoms with Crippen molar-refractivity contribution in [3.8, 4) is 0 Å². The fraction of sp³-hybridized carbons (Fsp3) is 0.250. The Morgan fingerprint density at radius 1 is 1.38 bits per heavy atom. The second-order valence-corrected chi connectivity index (χ2v) is 3.16. The molecule has 13 heavy (non-hydrogen) atoms. The molecule has 1 N–H and O–H groups in total. The first-order valence-corrected chi connectivity index (χ1v) is 4.44. The molecule has 0 radical (unpaired) electrons. The highest BCUT2D eigenvalue weighted by molar-refractivity contribution is 5.99. The van der Waals surface area contributed by atoms with E-state index in [1.165, 1.54) is 5.56 Å². The summed E-state index contributed by atoms with van der Waals surface area (Å²) in [5, 5.41) is 7.62. The summed E-state index contributed by atoms with van der Waals surface area (Å²) in [6, 6.07) is 6.06. The smallest absolute Gasteiger partial charge is 0.0361 e. The van der Waals surface area contributed by atoms with Crippen LogP contribution in [0.2, 0.25) is 0 Å². The molecule has 0 heterocycles. The molecule has 0 bridgehead atoms. The summed E-state index contributed by atoms with van der Waals surface area (Å²) < 4.78 is 0. The monoisotopic (exact) mass is 173 g/mol. The number of hydrogen-bond donors (Lipinski definition) is 1. The van der Waals surface area contributed by atoms with Gasteiger partial charge in [-0.25, -0.2) is 0 Å². The quantitative estimate of drug-likeness (QED) is 0.663. The predicted molar refractivity (Wildman–Crippen MR) is 58.4 cm³/mol. The maximum atomic E-state index is 7.62. The Balaban J connectivity index is 3.33. The van der Waals surface area contributed by atoms with Gasteiger partial charge in [0.2, 0.25) is 0 Å². The van der Waals surface area contributed by atoms with Gasteiger partial charge >= 0.3 is 0 Å². The lowest BCUT2D eigenvalue weighted by molar-refractivity contribution is 1.39. The van der Waals surface area contributed by atoms with Gasteiger partial charge in [0.1, 0.15) is 0 Å². The Kier molecular flexibility index (Phi) is 3.02. The lowest BCUT2D eigenvalue weighted by Gasteiger charge is -2.06. The lowest BCUT2D eigenvalue weighted by atomic mass is 9.99. The molecule has 0 aliphatic rings. The van der Waals surface area contributed by atoms with E-state index in [4.69, 9.17) is 5.41 Å². The van der Waals surface area contributed by atoms with Gasteiger partial charge in [0.05, 0.1) is 0 Å². The summed E-state index contributed by atoms with van der Waals surface area (Å²) in [5.41, 5.74) is 4.04. The van der Waals surface area contributed by atoms with Crippen molar-refractivity contribution in [2.24, 2.45) is 0 Å². The fourth-order valence-corrected chi connectivity index (χ4v) is 1.40. The van der Waals surface area contributed by atoms with Crippen LogP contribution in [-0.4, -0.2) is 5.71 Å². The standard InChI is InChI=1S/C12H15N/c1-4-6-11-9(2)7-5-8-12(11)10(3)13/h4-8,13H,1-3H3/b6-4-,13-10?. The maximum Gasteiger partial charge on any atom is 0.0361 e. The van der Waals surface area contributed by atoms with E-state index in [2.05, 4.69) is 19.1 Å². The predicted octanol–water partition coefficient (Wildman–Crippen LogP) is 3.42. The molecular weight excluding hydrogens is 158 g/mol. The average Bonchev–Trinajstić information content (AvgIpc) is 2.08. The van der Waals surface area contributed by atoms with Crippen LogP contribution < -0.4 is 0 Å². The number of rotatable bonds is 2.